The first kappa shape index (κ1) is 17.8. The number of likely N-dealkylation sites (tertiary alicyclic amines) is 1. The summed E-state index contributed by atoms with van der Waals surface area (Å²) in [6.07, 6.45) is 6.14. The average Bonchev–Trinajstić information content (AvgIpc) is 2.92. The molecule has 1 aromatic rings. The number of aliphatic hydroxyl groups excluding tert-OH is 1. The first-order valence-corrected chi connectivity index (χ1v) is 9.99. The van der Waals surface area contributed by atoms with Crippen molar-refractivity contribution in [3.05, 3.63) is 29.6 Å². The molecule has 0 radical (unpaired) electrons. The summed E-state index contributed by atoms with van der Waals surface area (Å²) in [5, 5.41) is 9.75. The zero-order valence-electron chi connectivity index (χ0n) is 15.6. The van der Waals surface area contributed by atoms with Crippen LogP contribution in [0.25, 0.3) is 0 Å². The second-order valence-corrected chi connectivity index (χ2v) is 8.45. The molecule has 1 aliphatic carbocycles. The lowest BCUT2D eigenvalue weighted by Crippen LogP contribution is -2.50. The molecular weight excluding hydrogens is 331 g/mol. The molecule has 5 heteroatoms. The summed E-state index contributed by atoms with van der Waals surface area (Å²) in [6.45, 7) is 4.45. The van der Waals surface area contributed by atoms with E-state index in [4.69, 9.17) is 0 Å². The van der Waals surface area contributed by atoms with Gasteiger partial charge in [0.2, 0.25) is 5.91 Å². The number of carbonyl (C=O) groups is 1. The maximum Gasteiger partial charge on any atom is 0.230 e. The minimum atomic E-state index is -0.283. The Bertz CT molecular complexity index is 687. The molecule has 3 aliphatic rings. The van der Waals surface area contributed by atoms with Crippen molar-refractivity contribution < 1.29 is 14.3 Å². The van der Waals surface area contributed by atoms with Gasteiger partial charge in [-0.15, -0.1) is 0 Å². The molecule has 0 unspecified atom stereocenters. The van der Waals surface area contributed by atoms with E-state index < -0.39 is 0 Å². The predicted octanol–water partition coefficient (Wildman–Crippen LogP) is 3.26. The maximum atomic E-state index is 13.5. The molecule has 1 N–H and O–H groups in total. The number of anilines is 1. The molecule has 26 heavy (non-hydrogen) atoms. The number of piperidine rings is 1. The van der Waals surface area contributed by atoms with E-state index in [-0.39, 0.29) is 17.3 Å². The molecule has 3 fully saturated rings. The van der Waals surface area contributed by atoms with Gasteiger partial charge in [0.1, 0.15) is 5.82 Å². The van der Waals surface area contributed by atoms with Crippen molar-refractivity contribution >= 4 is 11.6 Å². The smallest absolute Gasteiger partial charge is 0.230 e. The number of benzene rings is 1. The monoisotopic (exact) mass is 360 g/mol. The molecular formula is C21H29FN2O2. The normalized spacial score (nSPS) is 32.5. The van der Waals surface area contributed by atoms with Gasteiger partial charge in [-0.2, -0.15) is 0 Å². The van der Waals surface area contributed by atoms with Crippen LogP contribution < -0.4 is 4.90 Å². The summed E-state index contributed by atoms with van der Waals surface area (Å²) in [6, 6.07) is 5.24. The molecule has 1 amide bonds. The first-order chi connectivity index (χ1) is 12.5. The molecule has 4 rings (SSSR count). The Balaban J connectivity index is 1.50. The molecule has 4 nitrogen and oxygen atoms in total. The number of aliphatic hydroxyl groups is 1. The Hall–Kier alpha value is -1.62. The summed E-state index contributed by atoms with van der Waals surface area (Å²) in [4.78, 5) is 17.7. The van der Waals surface area contributed by atoms with Crippen LogP contribution in [0.15, 0.2) is 18.2 Å². The van der Waals surface area contributed by atoms with Gasteiger partial charge < -0.3 is 14.9 Å². The minimum Gasteiger partial charge on any atom is -0.393 e. The van der Waals surface area contributed by atoms with E-state index in [1.54, 1.807) is 6.07 Å². The van der Waals surface area contributed by atoms with Gasteiger partial charge in [0, 0.05) is 31.4 Å². The molecule has 1 atom stereocenters. The quantitative estimate of drug-likeness (QED) is 0.880. The number of amides is 1. The van der Waals surface area contributed by atoms with Gasteiger partial charge in [-0.05, 0) is 75.6 Å². The van der Waals surface area contributed by atoms with Crippen LogP contribution in [0.2, 0.25) is 0 Å². The molecule has 2 aliphatic heterocycles. The average molecular weight is 360 g/mol. The summed E-state index contributed by atoms with van der Waals surface area (Å²) in [7, 11) is 0. The fourth-order valence-corrected chi connectivity index (χ4v) is 5.26. The van der Waals surface area contributed by atoms with E-state index in [2.05, 4.69) is 9.80 Å². The van der Waals surface area contributed by atoms with Gasteiger partial charge in [-0.1, -0.05) is 0 Å². The molecule has 2 heterocycles. The number of hydrogen-bond donors (Lipinski definition) is 1. The van der Waals surface area contributed by atoms with Crippen molar-refractivity contribution in [1.29, 1.82) is 0 Å². The second kappa shape index (κ2) is 6.84. The van der Waals surface area contributed by atoms with Crippen LogP contribution in [0, 0.1) is 18.2 Å². The molecule has 1 spiro atoms. The van der Waals surface area contributed by atoms with Crippen LogP contribution >= 0.6 is 0 Å². The number of hydrogen-bond acceptors (Lipinski definition) is 3. The highest BCUT2D eigenvalue weighted by Crippen LogP contribution is 2.43. The van der Waals surface area contributed by atoms with Gasteiger partial charge in [-0.25, -0.2) is 4.39 Å². The third-order valence-corrected chi connectivity index (χ3v) is 6.73. The highest BCUT2D eigenvalue weighted by molar-refractivity contribution is 5.86. The van der Waals surface area contributed by atoms with Crippen molar-refractivity contribution in [3.63, 3.8) is 0 Å². The largest absolute Gasteiger partial charge is 0.393 e. The molecule has 0 aromatic heterocycles. The van der Waals surface area contributed by atoms with Crippen LogP contribution in [0.4, 0.5) is 10.1 Å². The van der Waals surface area contributed by atoms with Crippen molar-refractivity contribution in [2.24, 2.45) is 5.41 Å². The lowest BCUT2D eigenvalue weighted by molar-refractivity contribution is -0.139. The van der Waals surface area contributed by atoms with Gasteiger partial charge >= 0.3 is 0 Å². The van der Waals surface area contributed by atoms with E-state index >= 15 is 0 Å². The molecule has 0 bridgehead atoms. The van der Waals surface area contributed by atoms with Gasteiger partial charge in [0.05, 0.1) is 11.5 Å². The van der Waals surface area contributed by atoms with Gasteiger partial charge in [0.15, 0.2) is 0 Å². The fourth-order valence-electron chi connectivity index (χ4n) is 5.26. The van der Waals surface area contributed by atoms with Gasteiger partial charge in [-0.3, -0.25) is 4.79 Å². The Morgan fingerprint density at radius 2 is 1.92 bits per heavy atom. The predicted molar refractivity (Wildman–Crippen MR) is 99.6 cm³/mol. The lowest BCUT2D eigenvalue weighted by atomic mass is 9.78. The van der Waals surface area contributed by atoms with E-state index in [1.807, 2.05) is 13.0 Å². The third-order valence-electron chi connectivity index (χ3n) is 6.73. The summed E-state index contributed by atoms with van der Waals surface area (Å²) >= 11 is 0. The van der Waals surface area contributed by atoms with Crippen molar-refractivity contribution in [2.45, 2.75) is 64.0 Å². The van der Waals surface area contributed by atoms with Crippen LogP contribution in [-0.4, -0.2) is 47.7 Å². The number of carbonyl (C=O) groups excluding carboxylic acids is 1. The van der Waals surface area contributed by atoms with Crippen LogP contribution in [0.3, 0.4) is 0 Å². The molecule has 142 valence electrons. The molecule has 1 saturated carbocycles. The van der Waals surface area contributed by atoms with Crippen molar-refractivity contribution in [3.8, 4) is 0 Å². The Morgan fingerprint density at radius 1 is 1.15 bits per heavy atom. The van der Waals surface area contributed by atoms with Crippen molar-refractivity contribution in [2.75, 3.05) is 24.5 Å². The number of halogens is 1. The van der Waals surface area contributed by atoms with E-state index in [0.717, 1.165) is 75.8 Å². The zero-order valence-corrected chi connectivity index (χ0v) is 15.6. The standard InChI is InChI=1S/C21H29FN2O2/c1-15-13-16(22)3-8-19(15)23-11-2-9-21(14-23)10-12-24(20(21)26)17-4-6-18(25)7-5-17/h3,8,13,17-18,25H,2,4-7,9-12,14H2,1H3/t17-,18-,21-/m1/s1. The SMILES string of the molecule is Cc1cc(F)ccc1N1CCC[C@@]2(CCN([C@H]3CC[C@H](O)CC3)C2=O)C1. The zero-order chi connectivity index (χ0) is 18.3. The Morgan fingerprint density at radius 3 is 2.65 bits per heavy atom. The molecule has 1 aromatic carbocycles. The highest BCUT2D eigenvalue weighted by Gasteiger charge is 2.50. The highest BCUT2D eigenvalue weighted by atomic mass is 19.1. The summed E-state index contributed by atoms with van der Waals surface area (Å²) in [5.74, 6) is 0.101. The van der Waals surface area contributed by atoms with E-state index in [9.17, 15) is 14.3 Å². The number of rotatable bonds is 2. The fraction of sp³-hybridized carbons (Fsp3) is 0.667. The maximum absolute atomic E-state index is 13.5. The third kappa shape index (κ3) is 3.11. The topological polar surface area (TPSA) is 43.8 Å². The number of aryl methyl sites for hydroxylation is 1. The Labute approximate surface area is 155 Å². The Kier molecular flexibility index (Phi) is 4.68. The van der Waals surface area contributed by atoms with E-state index in [1.165, 1.54) is 6.07 Å². The van der Waals surface area contributed by atoms with E-state index in [0.29, 0.717) is 11.9 Å². The molecule has 2 saturated heterocycles. The summed E-state index contributed by atoms with van der Waals surface area (Å²) in [5.41, 5.74) is 1.71. The second-order valence-electron chi connectivity index (χ2n) is 8.45. The van der Waals surface area contributed by atoms with Gasteiger partial charge in [0.25, 0.3) is 0 Å². The first-order valence-electron chi connectivity index (χ1n) is 9.99. The van der Waals surface area contributed by atoms with Crippen LogP contribution in [-0.2, 0) is 4.79 Å². The number of nitrogens with zero attached hydrogens (tertiary/aromatic N) is 2. The lowest BCUT2D eigenvalue weighted by Gasteiger charge is -2.42. The summed E-state index contributed by atoms with van der Waals surface area (Å²) < 4.78 is 13.5. The van der Waals surface area contributed by atoms with Crippen LogP contribution in [0.1, 0.15) is 50.5 Å². The van der Waals surface area contributed by atoms with Crippen LogP contribution in [0.5, 0.6) is 0 Å². The van der Waals surface area contributed by atoms with Crippen molar-refractivity contribution in [1.82, 2.24) is 4.90 Å². The minimum absolute atomic E-state index is 0.190.